The number of nitrogens with one attached hydrogen (secondary N) is 1. The number of primary amides is 1. The number of benzene rings is 2. The van der Waals surface area contributed by atoms with Crippen molar-refractivity contribution >= 4 is 23.4 Å². The van der Waals surface area contributed by atoms with Crippen LogP contribution in [0.25, 0.3) is 11.1 Å². The highest BCUT2D eigenvalue weighted by Gasteiger charge is 2.40. The lowest BCUT2D eigenvalue weighted by molar-refractivity contribution is -0.136. The highest BCUT2D eigenvalue weighted by Crippen LogP contribution is 2.42. The lowest BCUT2D eigenvalue weighted by Crippen LogP contribution is -2.47. The molecule has 1 aliphatic heterocycles. The lowest BCUT2D eigenvalue weighted by Gasteiger charge is -2.30. The van der Waals surface area contributed by atoms with Crippen LogP contribution in [-0.2, 0) is 14.4 Å². The molecule has 6 heteroatoms. The van der Waals surface area contributed by atoms with Crippen LogP contribution in [0.4, 0.5) is 5.69 Å². The third-order valence-corrected chi connectivity index (χ3v) is 7.21. The van der Waals surface area contributed by atoms with Gasteiger partial charge in [-0.1, -0.05) is 69.7 Å². The highest BCUT2D eigenvalue weighted by molar-refractivity contribution is 6.06. The molecule has 3 N–H and O–H groups in total. The second kappa shape index (κ2) is 10.6. The van der Waals surface area contributed by atoms with Gasteiger partial charge in [0.05, 0.1) is 5.69 Å². The van der Waals surface area contributed by atoms with Gasteiger partial charge in [-0.25, -0.2) is 0 Å². The Bertz CT molecular complexity index is 1090. The smallest absolute Gasteiger partial charge is 0.254 e. The minimum absolute atomic E-state index is 0.128. The zero-order chi connectivity index (χ0) is 25.1. The SMILES string of the molecule is CCCC(C(N)=O)C(CC(C)C)C(=O)NC1C(=O)N(CC2CC2)c2ccccc2-c2ccccc21. The van der Waals surface area contributed by atoms with Crippen molar-refractivity contribution in [3.63, 3.8) is 0 Å². The largest absolute Gasteiger partial charge is 0.369 e. The van der Waals surface area contributed by atoms with Gasteiger partial charge in [0, 0.05) is 23.9 Å². The number of nitrogens with two attached hydrogens (primary N) is 1. The Kier molecular flexibility index (Phi) is 7.58. The molecule has 4 rings (SSSR count). The third-order valence-electron chi connectivity index (χ3n) is 7.21. The topological polar surface area (TPSA) is 92.5 Å². The number of para-hydroxylation sites is 1. The van der Waals surface area contributed by atoms with Crippen molar-refractivity contribution in [2.45, 2.75) is 58.9 Å². The van der Waals surface area contributed by atoms with Crippen molar-refractivity contribution in [2.24, 2.45) is 29.4 Å². The molecule has 3 atom stereocenters. The van der Waals surface area contributed by atoms with E-state index in [2.05, 4.69) is 5.32 Å². The zero-order valence-corrected chi connectivity index (χ0v) is 21.0. The number of carbonyl (C=O) groups excluding carboxylic acids is 3. The van der Waals surface area contributed by atoms with E-state index in [9.17, 15) is 14.4 Å². The minimum Gasteiger partial charge on any atom is -0.369 e. The fraction of sp³-hybridized carbons (Fsp3) is 0.483. The maximum atomic E-state index is 14.1. The molecule has 1 aliphatic carbocycles. The van der Waals surface area contributed by atoms with Crippen molar-refractivity contribution in [2.75, 3.05) is 11.4 Å². The maximum absolute atomic E-state index is 14.1. The van der Waals surface area contributed by atoms with E-state index in [0.29, 0.717) is 25.3 Å². The van der Waals surface area contributed by atoms with Gasteiger partial charge in [0.15, 0.2) is 0 Å². The Balaban J connectivity index is 1.74. The summed E-state index contributed by atoms with van der Waals surface area (Å²) in [6.07, 6.45) is 4.07. The Morgan fingerprint density at radius 2 is 1.69 bits per heavy atom. The molecule has 0 spiro atoms. The first-order valence-corrected chi connectivity index (χ1v) is 12.9. The molecule has 0 bridgehead atoms. The van der Waals surface area contributed by atoms with E-state index in [4.69, 9.17) is 5.73 Å². The first-order valence-electron chi connectivity index (χ1n) is 12.9. The molecule has 0 radical (unpaired) electrons. The van der Waals surface area contributed by atoms with Crippen LogP contribution >= 0.6 is 0 Å². The van der Waals surface area contributed by atoms with Gasteiger partial charge in [0.1, 0.15) is 6.04 Å². The number of hydrogen-bond donors (Lipinski definition) is 2. The normalized spacial score (nSPS) is 18.9. The van der Waals surface area contributed by atoms with Crippen LogP contribution in [0.1, 0.15) is 64.5 Å². The van der Waals surface area contributed by atoms with E-state index >= 15 is 0 Å². The zero-order valence-electron chi connectivity index (χ0n) is 21.0. The molecule has 1 saturated carbocycles. The molecular weight excluding hydrogens is 438 g/mol. The Morgan fingerprint density at radius 1 is 1.03 bits per heavy atom. The summed E-state index contributed by atoms with van der Waals surface area (Å²) in [5, 5.41) is 3.08. The van der Waals surface area contributed by atoms with E-state index in [1.54, 1.807) is 0 Å². The summed E-state index contributed by atoms with van der Waals surface area (Å²) in [7, 11) is 0. The number of rotatable bonds is 10. The minimum atomic E-state index is -0.824. The molecule has 1 fully saturated rings. The summed E-state index contributed by atoms with van der Waals surface area (Å²) >= 11 is 0. The summed E-state index contributed by atoms with van der Waals surface area (Å²) in [5.41, 5.74) is 9.35. The average molecular weight is 476 g/mol. The van der Waals surface area contributed by atoms with Crippen LogP contribution in [0.2, 0.25) is 0 Å². The molecule has 186 valence electrons. The van der Waals surface area contributed by atoms with Gasteiger partial charge < -0.3 is 16.0 Å². The van der Waals surface area contributed by atoms with Gasteiger partial charge in [-0.05, 0) is 54.7 Å². The number of fused-ring (bicyclic) bond motifs is 3. The molecule has 0 aromatic heterocycles. The van der Waals surface area contributed by atoms with Gasteiger partial charge in [-0.3, -0.25) is 14.4 Å². The second-order valence-corrected chi connectivity index (χ2v) is 10.5. The number of anilines is 1. The quantitative estimate of drug-likeness (QED) is 0.515. The fourth-order valence-corrected chi connectivity index (χ4v) is 5.29. The third kappa shape index (κ3) is 5.42. The number of carbonyl (C=O) groups is 3. The van der Waals surface area contributed by atoms with E-state index in [1.165, 1.54) is 0 Å². The molecule has 3 unspecified atom stereocenters. The first-order chi connectivity index (χ1) is 16.8. The number of hydrogen-bond acceptors (Lipinski definition) is 3. The summed E-state index contributed by atoms with van der Waals surface area (Å²) in [4.78, 5) is 42.0. The molecule has 35 heavy (non-hydrogen) atoms. The van der Waals surface area contributed by atoms with Gasteiger partial charge in [0.2, 0.25) is 11.8 Å². The summed E-state index contributed by atoms with van der Waals surface area (Å²) in [5.74, 6) is -1.30. The summed E-state index contributed by atoms with van der Waals surface area (Å²) in [6.45, 7) is 6.69. The Labute approximate surface area is 208 Å². The van der Waals surface area contributed by atoms with Crippen molar-refractivity contribution in [3.05, 3.63) is 54.1 Å². The van der Waals surface area contributed by atoms with Gasteiger partial charge >= 0.3 is 0 Å². The van der Waals surface area contributed by atoms with E-state index in [0.717, 1.165) is 41.6 Å². The average Bonchev–Trinajstić information content (AvgIpc) is 3.67. The molecule has 3 amide bonds. The predicted octanol–water partition coefficient (Wildman–Crippen LogP) is 4.83. The van der Waals surface area contributed by atoms with Crippen molar-refractivity contribution < 1.29 is 14.4 Å². The molecule has 2 aliphatic rings. The summed E-state index contributed by atoms with van der Waals surface area (Å²) in [6, 6.07) is 14.9. The van der Waals surface area contributed by atoms with Gasteiger partial charge in [-0.2, -0.15) is 0 Å². The molecule has 1 heterocycles. The van der Waals surface area contributed by atoms with Gasteiger partial charge in [-0.15, -0.1) is 0 Å². The number of amides is 3. The maximum Gasteiger partial charge on any atom is 0.254 e. The van der Waals surface area contributed by atoms with E-state index < -0.39 is 23.8 Å². The van der Waals surface area contributed by atoms with Gasteiger partial charge in [0.25, 0.3) is 5.91 Å². The fourth-order valence-electron chi connectivity index (χ4n) is 5.29. The first kappa shape index (κ1) is 25.0. The second-order valence-electron chi connectivity index (χ2n) is 10.5. The molecular formula is C29H37N3O3. The van der Waals surface area contributed by atoms with Crippen LogP contribution < -0.4 is 16.0 Å². The van der Waals surface area contributed by atoms with E-state index in [-0.39, 0.29) is 17.7 Å². The van der Waals surface area contributed by atoms with Crippen molar-refractivity contribution in [1.29, 1.82) is 0 Å². The predicted molar refractivity (Wildman–Crippen MR) is 138 cm³/mol. The van der Waals surface area contributed by atoms with Crippen LogP contribution in [0, 0.1) is 23.7 Å². The monoisotopic (exact) mass is 475 g/mol. The Morgan fingerprint density at radius 3 is 2.31 bits per heavy atom. The van der Waals surface area contributed by atoms with Crippen LogP contribution in [0.15, 0.2) is 48.5 Å². The molecule has 6 nitrogen and oxygen atoms in total. The van der Waals surface area contributed by atoms with Crippen molar-refractivity contribution in [3.8, 4) is 11.1 Å². The molecule has 2 aromatic carbocycles. The van der Waals surface area contributed by atoms with Crippen LogP contribution in [0.5, 0.6) is 0 Å². The van der Waals surface area contributed by atoms with Crippen LogP contribution in [0.3, 0.4) is 0 Å². The Hall–Kier alpha value is -3.15. The molecule has 2 aromatic rings. The molecule has 0 saturated heterocycles. The lowest BCUT2D eigenvalue weighted by atomic mass is 9.81. The van der Waals surface area contributed by atoms with Crippen LogP contribution in [-0.4, -0.2) is 24.3 Å². The summed E-state index contributed by atoms with van der Waals surface area (Å²) < 4.78 is 0. The van der Waals surface area contributed by atoms with E-state index in [1.807, 2.05) is 74.2 Å². The van der Waals surface area contributed by atoms with Crippen molar-refractivity contribution in [1.82, 2.24) is 5.32 Å². The number of nitrogens with zero attached hydrogens (tertiary/aromatic N) is 1. The standard InChI is InChI=1S/C29H37N3O3/c1-4-9-23(27(30)33)24(16-18(2)3)28(34)31-26-22-12-6-5-10-20(22)21-11-7-8-13-25(21)32(29(26)35)17-19-14-15-19/h5-8,10-13,18-19,23-24,26H,4,9,14-17H2,1-3H3,(H2,30,33)(H,31,34). The highest BCUT2D eigenvalue weighted by atomic mass is 16.2.